The van der Waals surface area contributed by atoms with E-state index in [-0.39, 0.29) is 17.7 Å². The maximum Gasteiger partial charge on any atom is 0.255 e. The Morgan fingerprint density at radius 1 is 1.11 bits per heavy atom. The van der Waals surface area contributed by atoms with Gasteiger partial charge in [-0.25, -0.2) is 0 Å². The van der Waals surface area contributed by atoms with Gasteiger partial charge < -0.3 is 20.7 Å². The Hall–Kier alpha value is -2.86. The zero-order chi connectivity index (χ0) is 20.1. The second-order valence-electron chi connectivity index (χ2n) is 7.32. The highest BCUT2D eigenvalue weighted by molar-refractivity contribution is 5.99. The number of rotatable bonds is 7. The Kier molecular flexibility index (Phi) is 6.31. The van der Waals surface area contributed by atoms with Gasteiger partial charge in [0.15, 0.2) is 0 Å². The molecule has 2 aromatic rings. The van der Waals surface area contributed by atoms with E-state index < -0.39 is 6.04 Å². The number of nitrogens with one attached hydrogen (secondary N) is 3. The fourth-order valence-electron chi connectivity index (χ4n) is 3.34. The molecule has 6 heteroatoms. The average Bonchev–Trinajstić information content (AvgIpc) is 3.17. The lowest BCUT2D eigenvalue weighted by Gasteiger charge is -2.22. The van der Waals surface area contributed by atoms with Crippen LogP contribution in [0.2, 0.25) is 0 Å². The molecule has 148 valence electrons. The van der Waals surface area contributed by atoms with Gasteiger partial charge in [0.2, 0.25) is 5.91 Å². The van der Waals surface area contributed by atoms with Crippen LogP contribution in [0.15, 0.2) is 42.5 Å². The molecule has 28 heavy (non-hydrogen) atoms. The number of hydrogen-bond donors (Lipinski definition) is 3. The highest BCUT2D eigenvalue weighted by atomic mass is 16.5. The van der Waals surface area contributed by atoms with Gasteiger partial charge in [-0.15, -0.1) is 0 Å². The van der Waals surface area contributed by atoms with Crippen LogP contribution in [0.1, 0.15) is 40.9 Å². The first kappa shape index (κ1) is 19.9. The molecule has 0 bridgehead atoms. The van der Waals surface area contributed by atoms with Crippen molar-refractivity contribution in [3.05, 3.63) is 64.7 Å². The molecule has 6 nitrogen and oxygen atoms in total. The summed E-state index contributed by atoms with van der Waals surface area (Å²) < 4.78 is 5.24. The van der Waals surface area contributed by atoms with Crippen molar-refractivity contribution < 1.29 is 14.3 Å². The topological polar surface area (TPSA) is 79.5 Å². The Morgan fingerprint density at radius 3 is 2.61 bits per heavy atom. The van der Waals surface area contributed by atoms with Crippen molar-refractivity contribution in [2.75, 3.05) is 7.11 Å². The molecular formula is C22H27N3O3. The summed E-state index contributed by atoms with van der Waals surface area (Å²) in [6, 6.07) is 12.6. The van der Waals surface area contributed by atoms with Crippen LogP contribution in [-0.4, -0.2) is 25.0 Å². The highest BCUT2D eigenvalue weighted by Gasteiger charge is 2.25. The second kappa shape index (κ2) is 8.89. The molecule has 0 saturated heterocycles. The molecule has 1 unspecified atom stereocenters. The van der Waals surface area contributed by atoms with E-state index in [9.17, 15) is 9.59 Å². The fourth-order valence-corrected chi connectivity index (χ4v) is 3.34. The van der Waals surface area contributed by atoms with Crippen LogP contribution in [0.25, 0.3) is 0 Å². The van der Waals surface area contributed by atoms with Crippen LogP contribution < -0.4 is 20.7 Å². The van der Waals surface area contributed by atoms with E-state index in [4.69, 9.17) is 4.74 Å². The molecule has 0 aromatic heterocycles. The maximum absolute atomic E-state index is 12.7. The van der Waals surface area contributed by atoms with Crippen LogP contribution in [0.4, 0.5) is 0 Å². The number of benzene rings is 2. The molecule has 1 atom stereocenters. The number of carbonyl (C=O) groups excluding carboxylic acids is 2. The number of ether oxygens (including phenoxy) is 1. The van der Waals surface area contributed by atoms with Gasteiger partial charge in [0, 0.05) is 19.6 Å². The van der Waals surface area contributed by atoms with Crippen LogP contribution in [-0.2, 0) is 24.4 Å². The number of amides is 2. The molecule has 1 heterocycles. The first-order valence-corrected chi connectivity index (χ1v) is 9.52. The maximum atomic E-state index is 12.7. The molecule has 2 aromatic carbocycles. The van der Waals surface area contributed by atoms with E-state index in [1.165, 1.54) is 18.2 Å². The molecule has 3 N–H and O–H groups in total. The second-order valence-corrected chi connectivity index (χ2v) is 7.32. The molecule has 3 rings (SSSR count). The minimum Gasteiger partial charge on any atom is -0.496 e. The predicted octanol–water partition coefficient (Wildman–Crippen LogP) is 2.37. The van der Waals surface area contributed by atoms with Gasteiger partial charge in [0.25, 0.3) is 5.91 Å². The zero-order valence-corrected chi connectivity index (χ0v) is 16.5. The molecule has 0 spiro atoms. The Labute approximate surface area is 165 Å². The van der Waals surface area contributed by atoms with Gasteiger partial charge >= 0.3 is 0 Å². The summed E-state index contributed by atoms with van der Waals surface area (Å²) in [5.41, 5.74) is 4.04. The number of methoxy groups -OCH3 is 1. The lowest BCUT2D eigenvalue weighted by Crippen LogP contribution is -2.49. The van der Waals surface area contributed by atoms with Crippen molar-refractivity contribution in [2.45, 2.75) is 39.5 Å². The van der Waals surface area contributed by atoms with E-state index >= 15 is 0 Å². The van der Waals surface area contributed by atoms with E-state index in [2.05, 4.69) is 28.1 Å². The average molecular weight is 381 g/mol. The van der Waals surface area contributed by atoms with Gasteiger partial charge in [-0.2, -0.15) is 0 Å². The quantitative estimate of drug-likeness (QED) is 0.688. The van der Waals surface area contributed by atoms with Gasteiger partial charge in [-0.1, -0.05) is 44.2 Å². The molecule has 0 aliphatic carbocycles. The highest BCUT2D eigenvalue weighted by Crippen LogP contribution is 2.18. The summed E-state index contributed by atoms with van der Waals surface area (Å²) in [6.07, 6.45) is 0. The minimum atomic E-state index is -0.631. The van der Waals surface area contributed by atoms with Crippen LogP contribution >= 0.6 is 0 Å². The van der Waals surface area contributed by atoms with Crippen LogP contribution in [0, 0.1) is 5.92 Å². The first-order valence-electron chi connectivity index (χ1n) is 9.52. The van der Waals surface area contributed by atoms with Crippen LogP contribution in [0.5, 0.6) is 5.75 Å². The molecule has 1 aliphatic rings. The third kappa shape index (κ3) is 4.51. The fraction of sp³-hybridized carbons (Fsp3) is 0.364. The lowest BCUT2D eigenvalue weighted by atomic mass is 10.0. The van der Waals surface area contributed by atoms with Crippen molar-refractivity contribution in [1.29, 1.82) is 0 Å². The Morgan fingerprint density at radius 2 is 1.86 bits per heavy atom. The number of carbonyl (C=O) groups is 2. The summed E-state index contributed by atoms with van der Waals surface area (Å²) in [5.74, 6) is -0.0932. The number of fused-ring (bicyclic) bond motifs is 1. The molecular weight excluding hydrogens is 354 g/mol. The minimum absolute atomic E-state index is 0.0529. The van der Waals surface area contributed by atoms with Gasteiger partial charge in [0.1, 0.15) is 11.8 Å². The summed E-state index contributed by atoms with van der Waals surface area (Å²) in [7, 11) is 1.52. The predicted molar refractivity (Wildman–Crippen MR) is 108 cm³/mol. The molecule has 0 fully saturated rings. The summed E-state index contributed by atoms with van der Waals surface area (Å²) in [4.78, 5) is 25.4. The molecule has 0 radical (unpaired) electrons. The van der Waals surface area contributed by atoms with E-state index in [1.54, 1.807) is 24.3 Å². The first-order chi connectivity index (χ1) is 13.5. The van der Waals surface area contributed by atoms with E-state index in [1.807, 2.05) is 19.9 Å². The van der Waals surface area contributed by atoms with Crippen molar-refractivity contribution in [1.82, 2.24) is 16.0 Å². The third-order valence-electron chi connectivity index (χ3n) is 4.96. The third-order valence-corrected chi connectivity index (χ3v) is 4.96. The van der Waals surface area contributed by atoms with Gasteiger partial charge in [0.05, 0.1) is 12.7 Å². The Bertz CT molecular complexity index is 864. The smallest absolute Gasteiger partial charge is 0.255 e. The van der Waals surface area contributed by atoms with E-state index in [0.717, 1.165) is 18.7 Å². The van der Waals surface area contributed by atoms with Crippen molar-refractivity contribution in [3.8, 4) is 5.75 Å². The monoisotopic (exact) mass is 381 g/mol. The summed E-state index contributed by atoms with van der Waals surface area (Å²) >= 11 is 0. The molecule has 1 aliphatic heterocycles. The Balaban J connectivity index is 1.64. The van der Waals surface area contributed by atoms with Gasteiger partial charge in [-0.3, -0.25) is 9.59 Å². The molecule has 0 saturated carbocycles. The normalized spacial score (nSPS) is 13.7. The van der Waals surface area contributed by atoms with Gasteiger partial charge in [-0.05, 0) is 34.7 Å². The van der Waals surface area contributed by atoms with Crippen molar-refractivity contribution in [3.63, 3.8) is 0 Å². The lowest BCUT2D eigenvalue weighted by molar-refractivity contribution is -0.124. The summed E-state index contributed by atoms with van der Waals surface area (Å²) in [5, 5.41) is 9.11. The van der Waals surface area contributed by atoms with Crippen molar-refractivity contribution in [2.24, 2.45) is 5.92 Å². The largest absolute Gasteiger partial charge is 0.496 e. The van der Waals surface area contributed by atoms with Crippen LogP contribution in [0.3, 0.4) is 0 Å². The van der Waals surface area contributed by atoms with Crippen molar-refractivity contribution >= 4 is 11.8 Å². The molecule has 2 amide bonds. The number of para-hydroxylation sites is 1. The summed E-state index contributed by atoms with van der Waals surface area (Å²) in [6.45, 7) is 6.01. The number of hydrogen-bond acceptors (Lipinski definition) is 4. The SMILES string of the molecule is COc1ccccc1C(=O)NC(C(=O)NCc1ccc2c(c1)CNC2)C(C)C. The standard InChI is InChI=1S/C22H27N3O3/c1-14(2)20(25-21(26)18-6-4-5-7-19(18)28-3)22(27)24-11-15-8-9-16-12-23-13-17(16)10-15/h4-10,14,20,23H,11-13H2,1-3H3,(H,24,27)(H,25,26). The van der Waals surface area contributed by atoms with E-state index in [0.29, 0.717) is 17.9 Å². The zero-order valence-electron chi connectivity index (χ0n) is 16.5.